The standard InChI is InChI=1S/C48H31NO/c1-3-10-34-26-38(17-16-32(34)8-1)40-21-20-39-27-37(18-19-41(39)28-40)36-12-7-13-42(30-36)49(43-23-22-33-9-2-4-11-35(33)29-43)44-24-25-46-45-14-5-6-15-47(45)50-48(46)31-44/h1-31H. The zero-order valence-corrected chi connectivity index (χ0v) is 27.3. The van der Waals surface area contributed by atoms with Gasteiger partial charge < -0.3 is 9.32 Å². The lowest BCUT2D eigenvalue weighted by atomic mass is 9.96. The Hall–Kier alpha value is -6.64. The molecule has 1 heterocycles. The molecule has 9 aromatic carbocycles. The first-order valence-corrected chi connectivity index (χ1v) is 17.1. The molecule has 10 aromatic rings. The van der Waals surface area contributed by atoms with Gasteiger partial charge in [0.15, 0.2) is 0 Å². The van der Waals surface area contributed by atoms with E-state index in [0.717, 1.165) is 39.0 Å². The maximum Gasteiger partial charge on any atom is 0.137 e. The van der Waals surface area contributed by atoms with Crippen molar-refractivity contribution in [2.75, 3.05) is 4.90 Å². The Balaban J connectivity index is 1.06. The molecule has 0 aliphatic rings. The van der Waals surface area contributed by atoms with Crippen LogP contribution in [-0.4, -0.2) is 0 Å². The fraction of sp³-hybridized carbons (Fsp3) is 0. The predicted octanol–water partition coefficient (Wildman–Crippen LogP) is 13.8. The minimum Gasteiger partial charge on any atom is -0.456 e. The Morgan fingerprint density at radius 2 is 0.760 bits per heavy atom. The van der Waals surface area contributed by atoms with Gasteiger partial charge >= 0.3 is 0 Å². The minimum atomic E-state index is 0.878. The maximum atomic E-state index is 6.35. The summed E-state index contributed by atoms with van der Waals surface area (Å²) in [5.74, 6) is 0. The number of benzene rings is 9. The fourth-order valence-electron chi connectivity index (χ4n) is 7.41. The van der Waals surface area contributed by atoms with Crippen LogP contribution in [0.2, 0.25) is 0 Å². The number of hydrogen-bond acceptors (Lipinski definition) is 2. The van der Waals surface area contributed by atoms with Crippen molar-refractivity contribution in [3.63, 3.8) is 0 Å². The van der Waals surface area contributed by atoms with Gasteiger partial charge in [0.2, 0.25) is 0 Å². The number of furan rings is 1. The van der Waals surface area contributed by atoms with E-state index in [4.69, 9.17) is 4.42 Å². The molecule has 2 nitrogen and oxygen atoms in total. The van der Waals surface area contributed by atoms with Crippen LogP contribution < -0.4 is 4.90 Å². The van der Waals surface area contributed by atoms with Crippen LogP contribution in [0.25, 0.3) is 76.5 Å². The van der Waals surface area contributed by atoms with Gasteiger partial charge in [-0.25, -0.2) is 0 Å². The number of rotatable bonds is 5. The molecule has 10 rings (SSSR count). The lowest BCUT2D eigenvalue weighted by Crippen LogP contribution is -2.10. The second kappa shape index (κ2) is 11.5. The molecule has 0 atom stereocenters. The molecule has 0 saturated carbocycles. The van der Waals surface area contributed by atoms with Crippen molar-refractivity contribution in [2.24, 2.45) is 0 Å². The number of hydrogen-bond donors (Lipinski definition) is 0. The molecule has 0 aliphatic carbocycles. The number of anilines is 3. The highest BCUT2D eigenvalue weighted by Gasteiger charge is 2.17. The van der Waals surface area contributed by atoms with Gasteiger partial charge in [0.25, 0.3) is 0 Å². The Morgan fingerprint density at radius 1 is 0.280 bits per heavy atom. The van der Waals surface area contributed by atoms with E-state index >= 15 is 0 Å². The largest absolute Gasteiger partial charge is 0.456 e. The summed E-state index contributed by atoms with van der Waals surface area (Å²) >= 11 is 0. The van der Waals surface area contributed by atoms with Gasteiger partial charge in [-0.15, -0.1) is 0 Å². The number of fused-ring (bicyclic) bond motifs is 6. The van der Waals surface area contributed by atoms with Gasteiger partial charge in [-0.05, 0) is 115 Å². The third-order valence-electron chi connectivity index (χ3n) is 9.97. The molecule has 0 spiro atoms. The SMILES string of the molecule is c1cc(-c2ccc3cc(-c4ccc5ccccc5c4)ccc3c2)cc(N(c2ccc3ccccc3c2)c2ccc3c(c2)oc2ccccc23)c1. The van der Waals surface area contributed by atoms with Crippen LogP contribution in [0.5, 0.6) is 0 Å². The summed E-state index contributed by atoms with van der Waals surface area (Å²) in [6.07, 6.45) is 0. The van der Waals surface area contributed by atoms with Crippen molar-refractivity contribution in [1.29, 1.82) is 0 Å². The lowest BCUT2D eigenvalue weighted by molar-refractivity contribution is 0.669. The fourth-order valence-corrected chi connectivity index (χ4v) is 7.41. The van der Waals surface area contributed by atoms with Crippen molar-refractivity contribution in [1.82, 2.24) is 0 Å². The van der Waals surface area contributed by atoms with Crippen LogP contribution in [-0.2, 0) is 0 Å². The van der Waals surface area contributed by atoms with Crippen molar-refractivity contribution >= 4 is 71.3 Å². The second-order valence-corrected chi connectivity index (χ2v) is 13.0. The average molecular weight is 638 g/mol. The summed E-state index contributed by atoms with van der Waals surface area (Å²) in [6, 6.07) is 67.7. The molecule has 0 aliphatic heterocycles. The summed E-state index contributed by atoms with van der Waals surface area (Å²) in [5, 5.41) is 9.65. The Kier molecular flexibility index (Phi) is 6.53. The molecule has 0 N–H and O–H groups in total. The van der Waals surface area contributed by atoms with Gasteiger partial charge in [0.1, 0.15) is 11.2 Å². The summed E-state index contributed by atoms with van der Waals surface area (Å²) in [7, 11) is 0. The highest BCUT2D eigenvalue weighted by molar-refractivity contribution is 6.06. The monoisotopic (exact) mass is 637 g/mol. The minimum absolute atomic E-state index is 0.878. The van der Waals surface area contributed by atoms with Gasteiger partial charge in [-0.2, -0.15) is 0 Å². The van der Waals surface area contributed by atoms with E-state index in [1.165, 1.54) is 54.6 Å². The molecule has 0 fully saturated rings. The van der Waals surface area contributed by atoms with Crippen LogP contribution in [0.1, 0.15) is 0 Å². The Bertz CT molecular complexity index is 2900. The number of nitrogens with zero attached hydrogens (tertiary/aromatic N) is 1. The molecule has 2 heteroatoms. The molecular weight excluding hydrogens is 607 g/mol. The molecule has 0 bridgehead atoms. The third-order valence-corrected chi connectivity index (χ3v) is 9.97. The zero-order valence-electron chi connectivity index (χ0n) is 27.3. The van der Waals surface area contributed by atoms with E-state index in [0.29, 0.717) is 0 Å². The quantitative estimate of drug-likeness (QED) is 0.187. The third kappa shape index (κ3) is 4.89. The van der Waals surface area contributed by atoms with Crippen molar-refractivity contribution in [3.8, 4) is 22.3 Å². The predicted molar refractivity (Wildman–Crippen MR) is 212 cm³/mol. The second-order valence-electron chi connectivity index (χ2n) is 13.0. The van der Waals surface area contributed by atoms with Gasteiger partial charge in [-0.1, -0.05) is 121 Å². The van der Waals surface area contributed by atoms with Gasteiger partial charge in [0.05, 0.1) is 0 Å². The summed E-state index contributed by atoms with van der Waals surface area (Å²) in [5.41, 5.74) is 9.81. The molecular formula is C48H31NO. The first-order chi connectivity index (χ1) is 24.7. The Labute approximate surface area is 290 Å². The van der Waals surface area contributed by atoms with E-state index in [1.54, 1.807) is 0 Å². The van der Waals surface area contributed by atoms with E-state index < -0.39 is 0 Å². The van der Waals surface area contributed by atoms with E-state index in [-0.39, 0.29) is 0 Å². The average Bonchev–Trinajstić information content (AvgIpc) is 3.55. The van der Waals surface area contributed by atoms with E-state index in [1.807, 2.05) is 12.1 Å². The van der Waals surface area contributed by atoms with Gasteiger partial charge in [0, 0.05) is 33.9 Å². The lowest BCUT2D eigenvalue weighted by Gasteiger charge is -2.26. The molecule has 1 aromatic heterocycles. The van der Waals surface area contributed by atoms with Crippen LogP contribution >= 0.6 is 0 Å². The maximum absolute atomic E-state index is 6.35. The van der Waals surface area contributed by atoms with Gasteiger partial charge in [-0.3, -0.25) is 0 Å². The van der Waals surface area contributed by atoms with Crippen molar-refractivity contribution < 1.29 is 4.42 Å². The summed E-state index contributed by atoms with van der Waals surface area (Å²) in [6.45, 7) is 0. The smallest absolute Gasteiger partial charge is 0.137 e. The highest BCUT2D eigenvalue weighted by Crippen LogP contribution is 2.41. The molecule has 50 heavy (non-hydrogen) atoms. The summed E-state index contributed by atoms with van der Waals surface area (Å²) < 4.78 is 6.35. The van der Waals surface area contributed by atoms with Crippen molar-refractivity contribution in [3.05, 3.63) is 188 Å². The topological polar surface area (TPSA) is 16.4 Å². The molecule has 0 radical (unpaired) electrons. The first kappa shape index (κ1) is 28.4. The number of para-hydroxylation sites is 1. The zero-order chi connectivity index (χ0) is 33.0. The normalized spacial score (nSPS) is 11.6. The van der Waals surface area contributed by atoms with E-state index in [9.17, 15) is 0 Å². The molecule has 0 saturated heterocycles. The highest BCUT2D eigenvalue weighted by atomic mass is 16.3. The van der Waals surface area contributed by atoms with E-state index in [2.05, 4.69) is 181 Å². The van der Waals surface area contributed by atoms with Crippen LogP contribution in [0, 0.1) is 0 Å². The Morgan fingerprint density at radius 3 is 1.48 bits per heavy atom. The van der Waals surface area contributed by atoms with Crippen molar-refractivity contribution in [2.45, 2.75) is 0 Å². The summed E-state index contributed by atoms with van der Waals surface area (Å²) in [4.78, 5) is 2.33. The molecule has 0 amide bonds. The molecule has 234 valence electrons. The first-order valence-electron chi connectivity index (χ1n) is 17.1. The van der Waals surface area contributed by atoms with Crippen LogP contribution in [0.15, 0.2) is 192 Å². The van der Waals surface area contributed by atoms with Crippen LogP contribution in [0.4, 0.5) is 17.1 Å². The molecule has 0 unspecified atom stereocenters. The van der Waals surface area contributed by atoms with Crippen LogP contribution in [0.3, 0.4) is 0 Å².